The molecule has 3 nitrogen and oxygen atoms in total. The molecule has 1 aromatic heterocycles. The molecule has 1 saturated carbocycles. The summed E-state index contributed by atoms with van der Waals surface area (Å²) in [6.07, 6.45) is 0.874. The van der Waals surface area contributed by atoms with E-state index in [4.69, 9.17) is 0 Å². The monoisotopic (exact) mass is 321 g/mol. The van der Waals surface area contributed by atoms with E-state index < -0.39 is 5.92 Å². The number of carbonyl (C=O) groups excluding carboxylic acids is 2. The summed E-state index contributed by atoms with van der Waals surface area (Å²) in [6.45, 7) is 7.96. The molecule has 0 amide bonds. The van der Waals surface area contributed by atoms with E-state index in [1.807, 2.05) is 45.9 Å². The Hall–Kier alpha value is -2.29. The predicted molar refractivity (Wildman–Crippen MR) is 94.2 cm³/mol. The molecule has 0 aliphatic heterocycles. The highest BCUT2D eigenvalue weighted by atomic mass is 16.2. The standard InChI is InChI=1S/C21H23NO2/c1-12-8-13(2)19(14(3)9-12)20-18(23)11-16(21(20)24)10-17-7-5-6-15(4)22-17/h5-9,16,20H,10-11H2,1-4H3. The highest BCUT2D eigenvalue weighted by molar-refractivity contribution is 6.15. The van der Waals surface area contributed by atoms with E-state index in [0.29, 0.717) is 12.8 Å². The number of benzene rings is 1. The highest BCUT2D eigenvalue weighted by Gasteiger charge is 2.43. The van der Waals surface area contributed by atoms with Crippen molar-refractivity contribution < 1.29 is 9.59 Å². The molecule has 1 aromatic carbocycles. The van der Waals surface area contributed by atoms with E-state index in [1.165, 1.54) is 0 Å². The lowest BCUT2D eigenvalue weighted by atomic mass is 9.86. The second-order valence-electron chi connectivity index (χ2n) is 6.99. The molecule has 0 saturated heterocycles. The van der Waals surface area contributed by atoms with Crippen molar-refractivity contribution in [3.63, 3.8) is 0 Å². The topological polar surface area (TPSA) is 47.0 Å². The number of hydrogen-bond donors (Lipinski definition) is 0. The lowest BCUT2D eigenvalue weighted by molar-refractivity contribution is -0.124. The Bertz CT molecular complexity index is 799. The molecule has 2 aromatic rings. The number of carbonyl (C=O) groups is 2. The van der Waals surface area contributed by atoms with Gasteiger partial charge in [-0.25, -0.2) is 0 Å². The third-order valence-corrected chi connectivity index (χ3v) is 4.88. The van der Waals surface area contributed by atoms with Crippen LogP contribution in [0, 0.1) is 33.6 Å². The number of ketones is 2. The summed E-state index contributed by atoms with van der Waals surface area (Å²) in [5.74, 6) is -0.747. The van der Waals surface area contributed by atoms with Gasteiger partial charge < -0.3 is 0 Å². The first kappa shape index (κ1) is 16.6. The minimum atomic E-state index is -0.597. The average molecular weight is 321 g/mol. The van der Waals surface area contributed by atoms with E-state index in [-0.39, 0.29) is 17.5 Å². The third-order valence-electron chi connectivity index (χ3n) is 4.88. The van der Waals surface area contributed by atoms with E-state index in [2.05, 4.69) is 17.1 Å². The molecule has 0 radical (unpaired) electrons. The van der Waals surface area contributed by atoms with Gasteiger partial charge in [-0.1, -0.05) is 23.8 Å². The van der Waals surface area contributed by atoms with Crippen LogP contribution in [0.2, 0.25) is 0 Å². The SMILES string of the molecule is Cc1cc(C)c(C2C(=O)CC(Cc3cccc(C)n3)C2=O)c(C)c1. The molecule has 1 fully saturated rings. The number of aromatic nitrogens is 1. The molecular formula is C21H23NO2. The number of hydrogen-bond acceptors (Lipinski definition) is 3. The largest absolute Gasteiger partial charge is 0.298 e. The lowest BCUT2D eigenvalue weighted by Crippen LogP contribution is -2.19. The Morgan fingerprint density at radius 3 is 2.33 bits per heavy atom. The van der Waals surface area contributed by atoms with Gasteiger partial charge >= 0.3 is 0 Å². The molecule has 1 aliphatic carbocycles. The first-order valence-corrected chi connectivity index (χ1v) is 8.43. The van der Waals surface area contributed by atoms with Gasteiger partial charge in [0.2, 0.25) is 0 Å². The molecule has 0 N–H and O–H groups in total. The van der Waals surface area contributed by atoms with Crippen LogP contribution in [-0.4, -0.2) is 16.6 Å². The zero-order valence-corrected chi connectivity index (χ0v) is 14.7. The maximum atomic E-state index is 12.9. The summed E-state index contributed by atoms with van der Waals surface area (Å²) < 4.78 is 0. The van der Waals surface area contributed by atoms with Crippen LogP contribution in [0.4, 0.5) is 0 Å². The molecule has 0 bridgehead atoms. The van der Waals surface area contributed by atoms with Gasteiger partial charge in [0, 0.05) is 23.7 Å². The second-order valence-corrected chi connectivity index (χ2v) is 6.99. The van der Waals surface area contributed by atoms with E-state index in [1.54, 1.807) is 0 Å². The smallest absolute Gasteiger partial charge is 0.151 e. The molecule has 24 heavy (non-hydrogen) atoms. The Labute approximate surface area is 143 Å². The van der Waals surface area contributed by atoms with Crippen LogP contribution in [0.15, 0.2) is 30.3 Å². The van der Waals surface area contributed by atoms with Gasteiger partial charge in [-0.15, -0.1) is 0 Å². The summed E-state index contributed by atoms with van der Waals surface area (Å²) in [5, 5.41) is 0. The van der Waals surface area contributed by atoms with Gasteiger partial charge in [0.15, 0.2) is 5.78 Å². The van der Waals surface area contributed by atoms with Gasteiger partial charge in [-0.2, -0.15) is 0 Å². The van der Waals surface area contributed by atoms with Crippen molar-refractivity contribution in [2.24, 2.45) is 5.92 Å². The molecule has 1 aliphatic rings. The van der Waals surface area contributed by atoms with Crippen molar-refractivity contribution in [2.75, 3.05) is 0 Å². The molecule has 2 atom stereocenters. The van der Waals surface area contributed by atoms with Crippen molar-refractivity contribution in [1.29, 1.82) is 0 Å². The van der Waals surface area contributed by atoms with Crippen LogP contribution in [0.1, 0.15) is 46.0 Å². The van der Waals surface area contributed by atoms with Gasteiger partial charge in [0.05, 0.1) is 0 Å². The minimum absolute atomic E-state index is 0.0488. The van der Waals surface area contributed by atoms with Crippen molar-refractivity contribution in [1.82, 2.24) is 4.98 Å². The zero-order chi connectivity index (χ0) is 17.4. The van der Waals surface area contributed by atoms with E-state index in [9.17, 15) is 9.59 Å². The first-order valence-electron chi connectivity index (χ1n) is 8.43. The maximum absolute atomic E-state index is 12.9. The summed E-state index contributed by atoms with van der Waals surface area (Å²) in [6, 6.07) is 9.93. The zero-order valence-electron chi connectivity index (χ0n) is 14.7. The summed E-state index contributed by atoms with van der Waals surface area (Å²) >= 11 is 0. The first-order chi connectivity index (χ1) is 11.4. The molecule has 2 unspecified atom stereocenters. The number of pyridine rings is 1. The fourth-order valence-electron chi connectivity index (χ4n) is 3.94. The molecule has 3 heteroatoms. The normalized spacial score (nSPS) is 20.7. The van der Waals surface area contributed by atoms with Crippen LogP contribution in [0.5, 0.6) is 0 Å². The number of Topliss-reactive ketones (excluding diaryl/α,β-unsaturated/α-hetero) is 2. The average Bonchev–Trinajstić information content (AvgIpc) is 2.74. The Morgan fingerprint density at radius 2 is 1.71 bits per heavy atom. The minimum Gasteiger partial charge on any atom is -0.298 e. The third kappa shape index (κ3) is 3.03. The Balaban J connectivity index is 1.90. The van der Waals surface area contributed by atoms with Crippen molar-refractivity contribution in [3.8, 4) is 0 Å². The quantitative estimate of drug-likeness (QED) is 0.808. The second kappa shape index (κ2) is 6.31. The fraction of sp³-hybridized carbons (Fsp3) is 0.381. The van der Waals surface area contributed by atoms with Gasteiger partial charge in [-0.05, 0) is 62.9 Å². The van der Waals surface area contributed by atoms with Crippen LogP contribution in [0.3, 0.4) is 0 Å². The Kier molecular flexibility index (Phi) is 4.35. The summed E-state index contributed by atoms with van der Waals surface area (Å²) in [5.41, 5.74) is 5.97. The van der Waals surface area contributed by atoms with Crippen LogP contribution in [-0.2, 0) is 16.0 Å². The summed E-state index contributed by atoms with van der Waals surface area (Å²) in [4.78, 5) is 30.0. The maximum Gasteiger partial charge on any atom is 0.151 e. The lowest BCUT2D eigenvalue weighted by Gasteiger charge is -2.16. The predicted octanol–water partition coefficient (Wildman–Crippen LogP) is 3.80. The molecule has 3 rings (SSSR count). The number of aryl methyl sites for hydroxylation is 4. The van der Waals surface area contributed by atoms with E-state index in [0.717, 1.165) is 33.6 Å². The Morgan fingerprint density at radius 1 is 1.04 bits per heavy atom. The van der Waals surface area contributed by atoms with Crippen molar-refractivity contribution in [2.45, 2.75) is 46.5 Å². The molecule has 0 spiro atoms. The van der Waals surface area contributed by atoms with Gasteiger partial charge in [0.1, 0.15) is 11.7 Å². The molecular weight excluding hydrogens is 298 g/mol. The van der Waals surface area contributed by atoms with Crippen LogP contribution in [0.25, 0.3) is 0 Å². The van der Waals surface area contributed by atoms with Gasteiger partial charge in [0.25, 0.3) is 0 Å². The van der Waals surface area contributed by atoms with Gasteiger partial charge in [-0.3, -0.25) is 14.6 Å². The number of nitrogens with zero attached hydrogens (tertiary/aromatic N) is 1. The fourth-order valence-corrected chi connectivity index (χ4v) is 3.94. The van der Waals surface area contributed by atoms with Crippen molar-refractivity contribution in [3.05, 3.63) is 64.0 Å². The highest BCUT2D eigenvalue weighted by Crippen LogP contribution is 2.37. The molecule has 1 heterocycles. The van der Waals surface area contributed by atoms with E-state index >= 15 is 0 Å². The van der Waals surface area contributed by atoms with Crippen LogP contribution >= 0.6 is 0 Å². The summed E-state index contributed by atoms with van der Waals surface area (Å²) in [7, 11) is 0. The van der Waals surface area contributed by atoms with Crippen molar-refractivity contribution >= 4 is 11.6 Å². The number of rotatable bonds is 3. The van der Waals surface area contributed by atoms with Crippen LogP contribution < -0.4 is 0 Å². The molecule has 124 valence electrons.